The minimum atomic E-state index is -0.161. The van der Waals surface area contributed by atoms with E-state index in [1.807, 2.05) is 6.07 Å². The molecule has 0 amide bonds. The van der Waals surface area contributed by atoms with Gasteiger partial charge in [0.2, 0.25) is 0 Å². The van der Waals surface area contributed by atoms with Crippen LogP contribution in [0.3, 0.4) is 0 Å². The van der Waals surface area contributed by atoms with Crippen molar-refractivity contribution in [2.75, 3.05) is 7.05 Å². The Morgan fingerprint density at radius 3 is 2.59 bits per heavy atom. The van der Waals surface area contributed by atoms with Crippen LogP contribution in [0.4, 0.5) is 4.39 Å². The summed E-state index contributed by atoms with van der Waals surface area (Å²) in [6.07, 6.45) is 6.61. The molecule has 1 aliphatic carbocycles. The van der Waals surface area contributed by atoms with E-state index in [0.717, 1.165) is 16.6 Å². The van der Waals surface area contributed by atoms with Gasteiger partial charge < -0.3 is 0 Å². The predicted molar refractivity (Wildman–Crippen MR) is 72.4 cm³/mol. The van der Waals surface area contributed by atoms with Crippen LogP contribution in [0.15, 0.2) is 22.7 Å². The summed E-state index contributed by atoms with van der Waals surface area (Å²) in [5.41, 5.74) is 1.05. The van der Waals surface area contributed by atoms with E-state index in [1.54, 1.807) is 6.07 Å². The molecule has 3 heteroatoms. The van der Waals surface area contributed by atoms with E-state index in [9.17, 15) is 4.39 Å². The third-order valence-corrected chi connectivity index (χ3v) is 4.01. The summed E-state index contributed by atoms with van der Waals surface area (Å²) in [5, 5.41) is 0. The number of benzene rings is 1. The molecule has 0 unspecified atom stereocenters. The van der Waals surface area contributed by atoms with Gasteiger partial charge in [-0.05, 0) is 43.7 Å². The van der Waals surface area contributed by atoms with Crippen molar-refractivity contribution in [1.29, 1.82) is 0 Å². The molecule has 0 radical (unpaired) electrons. The Morgan fingerprint density at radius 2 is 1.94 bits per heavy atom. The summed E-state index contributed by atoms with van der Waals surface area (Å²) in [6.45, 7) is 0.834. The average Bonchev–Trinajstić information content (AvgIpc) is 2.28. The van der Waals surface area contributed by atoms with Crippen molar-refractivity contribution in [2.45, 2.75) is 44.7 Å². The van der Waals surface area contributed by atoms with E-state index in [1.165, 1.54) is 38.2 Å². The summed E-state index contributed by atoms with van der Waals surface area (Å²) in [6, 6.07) is 5.81. The third kappa shape index (κ3) is 3.78. The third-order valence-electron chi connectivity index (χ3n) is 3.55. The van der Waals surface area contributed by atoms with Crippen LogP contribution >= 0.6 is 15.9 Å². The lowest BCUT2D eigenvalue weighted by molar-refractivity contribution is 0.184. The van der Waals surface area contributed by atoms with Gasteiger partial charge >= 0.3 is 0 Å². The summed E-state index contributed by atoms with van der Waals surface area (Å²) in [5.74, 6) is -0.161. The lowest BCUT2D eigenvalue weighted by Crippen LogP contribution is -2.32. The second-order valence-corrected chi connectivity index (χ2v) is 5.90. The number of rotatable bonds is 3. The zero-order valence-corrected chi connectivity index (χ0v) is 11.8. The maximum Gasteiger partial charge on any atom is 0.124 e. The molecule has 17 heavy (non-hydrogen) atoms. The first kappa shape index (κ1) is 13.0. The van der Waals surface area contributed by atoms with E-state index in [-0.39, 0.29) is 5.82 Å². The van der Waals surface area contributed by atoms with Crippen LogP contribution in [0, 0.1) is 5.82 Å². The fraction of sp³-hybridized carbons (Fsp3) is 0.571. The van der Waals surface area contributed by atoms with Crippen LogP contribution in [0.5, 0.6) is 0 Å². The van der Waals surface area contributed by atoms with Gasteiger partial charge in [0.15, 0.2) is 0 Å². The van der Waals surface area contributed by atoms with Crippen LogP contribution in [0.2, 0.25) is 0 Å². The molecule has 2 rings (SSSR count). The van der Waals surface area contributed by atoms with E-state index in [4.69, 9.17) is 0 Å². The number of nitrogens with zero attached hydrogens (tertiary/aromatic N) is 1. The smallest absolute Gasteiger partial charge is 0.124 e. The molecule has 1 aromatic rings. The molecule has 0 aliphatic heterocycles. The van der Waals surface area contributed by atoms with E-state index in [2.05, 4.69) is 27.9 Å². The van der Waals surface area contributed by atoms with E-state index < -0.39 is 0 Å². The minimum Gasteiger partial charge on any atom is -0.299 e. The summed E-state index contributed by atoms with van der Waals surface area (Å²) in [7, 11) is 2.15. The predicted octanol–water partition coefficient (Wildman–Crippen LogP) is 4.35. The molecular formula is C14H19BrFN. The normalized spacial score (nSPS) is 17.6. The van der Waals surface area contributed by atoms with Crippen LogP contribution in [0.25, 0.3) is 0 Å². The fourth-order valence-corrected chi connectivity index (χ4v) is 3.15. The highest BCUT2D eigenvalue weighted by Crippen LogP contribution is 2.23. The summed E-state index contributed by atoms with van der Waals surface area (Å²) < 4.78 is 14.1. The van der Waals surface area contributed by atoms with Crippen molar-refractivity contribution in [2.24, 2.45) is 0 Å². The van der Waals surface area contributed by atoms with Crippen LogP contribution in [0.1, 0.15) is 37.7 Å². The monoisotopic (exact) mass is 299 g/mol. The van der Waals surface area contributed by atoms with Gasteiger partial charge in [-0.2, -0.15) is 0 Å². The Bertz CT molecular complexity index is 354. The van der Waals surface area contributed by atoms with Gasteiger partial charge in [-0.15, -0.1) is 0 Å². The summed E-state index contributed by atoms with van der Waals surface area (Å²) >= 11 is 3.34. The summed E-state index contributed by atoms with van der Waals surface area (Å²) in [4.78, 5) is 2.36. The van der Waals surface area contributed by atoms with Crippen molar-refractivity contribution in [3.63, 3.8) is 0 Å². The molecule has 1 fully saturated rings. The Morgan fingerprint density at radius 1 is 1.24 bits per heavy atom. The maximum absolute atomic E-state index is 13.3. The van der Waals surface area contributed by atoms with Crippen molar-refractivity contribution in [1.82, 2.24) is 4.90 Å². The first-order chi connectivity index (χ1) is 8.15. The minimum absolute atomic E-state index is 0.161. The standard InChI is InChI=1S/C14H19BrFN/c1-17(14-5-3-2-4-6-14)10-11-7-12(15)9-13(16)8-11/h7-9,14H,2-6,10H2,1H3. The highest BCUT2D eigenvalue weighted by atomic mass is 79.9. The van der Waals surface area contributed by atoms with Gasteiger partial charge in [-0.25, -0.2) is 4.39 Å². The highest BCUT2D eigenvalue weighted by Gasteiger charge is 2.18. The topological polar surface area (TPSA) is 3.24 Å². The molecule has 0 atom stereocenters. The van der Waals surface area contributed by atoms with Crippen molar-refractivity contribution in [3.8, 4) is 0 Å². The number of hydrogen-bond donors (Lipinski definition) is 0. The lowest BCUT2D eigenvalue weighted by Gasteiger charge is -2.31. The van der Waals surface area contributed by atoms with Gasteiger partial charge in [-0.1, -0.05) is 35.2 Å². The van der Waals surface area contributed by atoms with Gasteiger partial charge in [0, 0.05) is 17.1 Å². The largest absolute Gasteiger partial charge is 0.299 e. The van der Waals surface area contributed by atoms with Crippen molar-refractivity contribution >= 4 is 15.9 Å². The maximum atomic E-state index is 13.3. The Kier molecular flexibility index (Phi) is 4.57. The zero-order valence-electron chi connectivity index (χ0n) is 10.3. The Balaban J connectivity index is 1.99. The van der Waals surface area contributed by atoms with Gasteiger partial charge in [0.25, 0.3) is 0 Å². The lowest BCUT2D eigenvalue weighted by atomic mass is 9.94. The molecule has 0 saturated heterocycles. The first-order valence-corrected chi connectivity index (χ1v) is 7.09. The molecular weight excluding hydrogens is 281 g/mol. The molecule has 1 nitrogen and oxygen atoms in total. The van der Waals surface area contributed by atoms with Gasteiger partial charge in [-0.3, -0.25) is 4.90 Å². The zero-order chi connectivity index (χ0) is 12.3. The van der Waals surface area contributed by atoms with Crippen molar-refractivity contribution in [3.05, 3.63) is 34.1 Å². The highest BCUT2D eigenvalue weighted by molar-refractivity contribution is 9.10. The second kappa shape index (κ2) is 5.96. The molecule has 1 aliphatic rings. The van der Waals surface area contributed by atoms with Crippen molar-refractivity contribution < 1.29 is 4.39 Å². The molecule has 0 heterocycles. The van der Waals surface area contributed by atoms with Crippen LogP contribution < -0.4 is 0 Å². The quantitative estimate of drug-likeness (QED) is 0.802. The average molecular weight is 300 g/mol. The van der Waals surface area contributed by atoms with Crippen LogP contribution in [-0.2, 0) is 6.54 Å². The number of halogens is 2. The van der Waals surface area contributed by atoms with Gasteiger partial charge in [0.1, 0.15) is 5.82 Å². The second-order valence-electron chi connectivity index (χ2n) is 4.98. The van der Waals surface area contributed by atoms with Gasteiger partial charge in [0.05, 0.1) is 0 Å². The number of hydrogen-bond acceptors (Lipinski definition) is 1. The van der Waals surface area contributed by atoms with E-state index >= 15 is 0 Å². The van der Waals surface area contributed by atoms with E-state index in [0.29, 0.717) is 6.04 Å². The molecule has 0 spiro atoms. The molecule has 0 aromatic heterocycles. The first-order valence-electron chi connectivity index (χ1n) is 6.30. The molecule has 0 bridgehead atoms. The Hall–Kier alpha value is -0.410. The molecule has 94 valence electrons. The molecule has 0 N–H and O–H groups in total. The van der Waals surface area contributed by atoms with Crippen LogP contribution in [-0.4, -0.2) is 18.0 Å². The SMILES string of the molecule is CN(Cc1cc(F)cc(Br)c1)C1CCCCC1. The molecule has 1 saturated carbocycles. The Labute approximate surface area is 111 Å². The fourth-order valence-electron chi connectivity index (χ4n) is 2.64. The molecule has 1 aromatic carbocycles.